The molecule has 192 valence electrons. The van der Waals surface area contributed by atoms with Crippen LogP contribution in [0.5, 0.6) is 11.5 Å². The third kappa shape index (κ3) is 5.88. The lowest BCUT2D eigenvalue weighted by molar-refractivity contribution is -0.140. The third-order valence-electron chi connectivity index (χ3n) is 5.09. The van der Waals surface area contributed by atoms with Gasteiger partial charge in [0.2, 0.25) is 5.91 Å². The molecule has 12 heteroatoms. The number of anilines is 2. The molecular formula is C24H22F4N2O5S. The van der Waals surface area contributed by atoms with Crippen molar-refractivity contribution in [2.45, 2.75) is 18.0 Å². The summed E-state index contributed by atoms with van der Waals surface area (Å²) < 4.78 is 91.2. The number of aryl methyl sites for hydroxylation is 1. The SMILES string of the molecule is COc1ccc(N(CC(=O)Nc2ccc(F)c(C(F)(F)F)c2)S(=O)(=O)c2cc(C)ccc2OC)cc1. The predicted octanol–water partition coefficient (Wildman–Crippen LogP) is 5.00. The molecule has 0 bridgehead atoms. The van der Waals surface area contributed by atoms with Crippen LogP contribution in [-0.2, 0) is 21.0 Å². The van der Waals surface area contributed by atoms with Crippen molar-refractivity contribution in [3.63, 3.8) is 0 Å². The molecule has 3 aromatic carbocycles. The number of benzene rings is 3. The van der Waals surface area contributed by atoms with E-state index in [4.69, 9.17) is 9.47 Å². The molecule has 0 fully saturated rings. The van der Waals surface area contributed by atoms with Gasteiger partial charge in [0.15, 0.2) is 0 Å². The lowest BCUT2D eigenvalue weighted by Crippen LogP contribution is -2.38. The summed E-state index contributed by atoms with van der Waals surface area (Å²) in [4.78, 5) is 12.6. The monoisotopic (exact) mass is 526 g/mol. The molecule has 1 N–H and O–H groups in total. The molecule has 0 heterocycles. The summed E-state index contributed by atoms with van der Waals surface area (Å²) in [6, 6.07) is 12.2. The van der Waals surface area contributed by atoms with Gasteiger partial charge >= 0.3 is 6.18 Å². The van der Waals surface area contributed by atoms with Crippen molar-refractivity contribution in [1.82, 2.24) is 0 Å². The van der Waals surface area contributed by atoms with E-state index < -0.39 is 40.0 Å². The molecule has 36 heavy (non-hydrogen) atoms. The Kier molecular flexibility index (Phi) is 7.77. The zero-order valence-electron chi connectivity index (χ0n) is 19.4. The van der Waals surface area contributed by atoms with Gasteiger partial charge in [0.05, 0.1) is 25.5 Å². The van der Waals surface area contributed by atoms with Crippen molar-refractivity contribution in [1.29, 1.82) is 0 Å². The summed E-state index contributed by atoms with van der Waals surface area (Å²) in [5.74, 6) is -2.00. The van der Waals surface area contributed by atoms with Gasteiger partial charge in [-0.05, 0) is 67.1 Å². The minimum absolute atomic E-state index is 0.0351. The molecule has 0 atom stereocenters. The van der Waals surface area contributed by atoms with Gasteiger partial charge < -0.3 is 14.8 Å². The Bertz CT molecular complexity index is 1360. The van der Waals surface area contributed by atoms with Crippen molar-refractivity contribution in [3.05, 3.63) is 77.6 Å². The molecule has 0 saturated carbocycles. The van der Waals surface area contributed by atoms with Crippen LogP contribution in [0.2, 0.25) is 0 Å². The fourth-order valence-corrected chi connectivity index (χ4v) is 4.98. The zero-order chi connectivity index (χ0) is 26.7. The van der Waals surface area contributed by atoms with Crippen molar-refractivity contribution < 1.29 is 40.2 Å². The Labute approximate surface area is 205 Å². The van der Waals surface area contributed by atoms with Crippen LogP contribution in [0.1, 0.15) is 11.1 Å². The highest BCUT2D eigenvalue weighted by Gasteiger charge is 2.35. The Balaban J connectivity index is 2.01. The summed E-state index contributed by atoms with van der Waals surface area (Å²) >= 11 is 0. The number of alkyl halides is 3. The van der Waals surface area contributed by atoms with Crippen LogP contribution in [-0.4, -0.2) is 35.1 Å². The van der Waals surface area contributed by atoms with E-state index in [1.165, 1.54) is 50.6 Å². The van der Waals surface area contributed by atoms with E-state index in [0.29, 0.717) is 23.4 Å². The van der Waals surface area contributed by atoms with Gasteiger partial charge in [0.1, 0.15) is 28.8 Å². The Morgan fingerprint density at radius 3 is 2.22 bits per heavy atom. The lowest BCUT2D eigenvalue weighted by Gasteiger charge is -2.25. The normalized spacial score (nSPS) is 11.6. The molecule has 0 aromatic heterocycles. The molecule has 0 spiro atoms. The number of halogens is 4. The van der Waals surface area contributed by atoms with Crippen molar-refractivity contribution >= 4 is 27.3 Å². The van der Waals surface area contributed by atoms with Crippen molar-refractivity contribution in [2.24, 2.45) is 0 Å². The molecule has 0 radical (unpaired) electrons. The van der Waals surface area contributed by atoms with Gasteiger partial charge in [0.25, 0.3) is 10.0 Å². The first-order valence-corrected chi connectivity index (χ1v) is 11.8. The molecule has 0 aliphatic carbocycles. The zero-order valence-corrected chi connectivity index (χ0v) is 20.2. The number of nitrogens with zero attached hydrogens (tertiary/aromatic N) is 1. The highest BCUT2D eigenvalue weighted by atomic mass is 32.2. The number of carbonyl (C=O) groups is 1. The van der Waals surface area contributed by atoms with Gasteiger partial charge in [-0.3, -0.25) is 9.10 Å². The van der Waals surface area contributed by atoms with E-state index in [9.17, 15) is 30.8 Å². The fraction of sp³-hybridized carbons (Fsp3) is 0.208. The van der Waals surface area contributed by atoms with Gasteiger partial charge in [-0.1, -0.05) is 6.07 Å². The average molecular weight is 527 g/mol. The van der Waals surface area contributed by atoms with E-state index in [0.717, 1.165) is 10.4 Å². The first-order valence-electron chi connectivity index (χ1n) is 10.3. The second-order valence-corrected chi connectivity index (χ2v) is 9.44. The maximum atomic E-state index is 13.7. The van der Waals surface area contributed by atoms with Crippen LogP contribution < -0.4 is 19.1 Å². The number of carbonyl (C=O) groups excluding carboxylic acids is 1. The number of amides is 1. The number of hydrogen-bond donors (Lipinski definition) is 1. The minimum atomic E-state index is -4.98. The Morgan fingerprint density at radius 1 is 0.972 bits per heavy atom. The lowest BCUT2D eigenvalue weighted by atomic mass is 10.2. The first kappa shape index (κ1) is 26.8. The van der Waals surface area contributed by atoms with Crippen LogP contribution in [0, 0.1) is 12.7 Å². The maximum absolute atomic E-state index is 13.7. The first-order chi connectivity index (χ1) is 16.9. The molecule has 3 aromatic rings. The Hall–Kier alpha value is -3.80. The highest BCUT2D eigenvalue weighted by molar-refractivity contribution is 7.93. The van der Waals surface area contributed by atoms with Crippen molar-refractivity contribution in [3.8, 4) is 11.5 Å². The number of hydrogen-bond acceptors (Lipinski definition) is 5. The minimum Gasteiger partial charge on any atom is -0.497 e. The second-order valence-electron chi connectivity index (χ2n) is 7.60. The van der Waals surface area contributed by atoms with E-state index in [1.54, 1.807) is 13.0 Å². The van der Waals surface area contributed by atoms with Crippen LogP contribution in [0.3, 0.4) is 0 Å². The third-order valence-corrected chi connectivity index (χ3v) is 6.89. The topological polar surface area (TPSA) is 84.9 Å². The van der Waals surface area contributed by atoms with E-state index in [-0.39, 0.29) is 22.0 Å². The smallest absolute Gasteiger partial charge is 0.419 e. The van der Waals surface area contributed by atoms with Gasteiger partial charge in [-0.25, -0.2) is 12.8 Å². The van der Waals surface area contributed by atoms with Crippen LogP contribution in [0.15, 0.2) is 65.6 Å². The van der Waals surface area contributed by atoms with Gasteiger partial charge in [0, 0.05) is 5.69 Å². The van der Waals surface area contributed by atoms with Crippen molar-refractivity contribution in [2.75, 3.05) is 30.4 Å². The molecular weight excluding hydrogens is 504 g/mol. The Morgan fingerprint density at radius 2 is 1.64 bits per heavy atom. The summed E-state index contributed by atoms with van der Waals surface area (Å²) in [5.41, 5.74) is -1.22. The number of methoxy groups -OCH3 is 2. The molecule has 1 amide bonds. The highest BCUT2D eigenvalue weighted by Crippen LogP contribution is 2.34. The number of sulfonamides is 1. The second kappa shape index (κ2) is 10.4. The predicted molar refractivity (Wildman–Crippen MR) is 125 cm³/mol. The number of ether oxygens (including phenoxy) is 2. The molecule has 3 rings (SSSR count). The maximum Gasteiger partial charge on any atom is 0.419 e. The summed E-state index contributed by atoms with van der Waals surface area (Å²) in [7, 11) is -1.68. The number of rotatable bonds is 8. The van der Waals surface area contributed by atoms with Gasteiger partial charge in [-0.15, -0.1) is 0 Å². The molecule has 0 unspecified atom stereocenters. The van der Waals surface area contributed by atoms with Crippen LogP contribution in [0.25, 0.3) is 0 Å². The standard InChI is InChI=1S/C24H22F4N2O5S/c1-15-4-11-21(35-3)22(12-15)36(32,33)30(17-6-8-18(34-2)9-7-17)14-23(31)29-16-5-10-20(25)19(13-16)24(26,27)28/h4-13H,14H2,1-3H3,(H,29,31). The fourth-order valence-electron chi connectivity index (χ4n) is 3.32. The molecule has 0 saturated heterocycles. The molecule has 0 aliphatic rings. The molecule has 0 aliphatic heterocycles. The van der Waals surface area contributed by atoms with E-state index in [1.807, 2.05) is 0 Å². The molecule has 7 nitrogen and oxygen atoms in total. The van der Waals surface area contributed by atoms with E-state index in [2.05, 4.69) is 5.32 Å². The quantitative estimate of drug-likeness (QED) is 0.418. The summed E-state index contributed by atoms with van der Waals surface area (Å²) in [5, 5.41) is 2.20. The average Bonchev–Trinajstić information content (AvgIpc) is 2.83. The summed E-state index contributed by atoms with van der Waals surface area (Å²) in [6.45, 7) is 0.875. The summed E-state index contributed by atoms with van der Waals surface area (Å²) in [6.07, 6.45) is -4.98. The van der Waals surface area contributed by atoms with Crippen LogP contribution in [0.4, 0.5) is 28.9 Å². The van der Waals surface area contributed by atoms with Gasteiger partial charge in [-0.2, -0.15) is 13.2 Å². The van der Waals surface area contributed by atoms with Crippen LogP contribution >= 0.6 is 0 Å². The largest absolute Gasteiger partial charge is 0.497 e. The van der Waals surface area contributed by atoms with E-state index >= 15 is 0 Å². The number of nitrogens with one attached hydrogen (secondary N) is 1.